The zero-order valence-electron chi connectivity index (χ0n) is 34.3. The maximum Gasteiger partial charge on any atom is 0.0540 e. The van der Waals surface area contributed by atoms with E-state index in [-0.39, 0.29) is 0 Å². The average molecular weight is 778 g/mol. The number of nitrogens with zero attached hydrogens (tertiary/aromatic N) is 1. The molecule has 0 N–H and O–H groups in total. The largest absolute Gasteiger partial charge is 0.310 e. The van der Waals surface area contributed by atoms with Crippen molar-refractivity contribution in [3.63, 3.8) is 0 Å². The van der Waals surface area contributed by atoms with E-state index in [2.05, 4.69) is 243 Å². The molecule has 0 saturated carbocycles. The fraction of sp³-hybridized carbons (Fsp3) is 0.0333. The lowest BCUT2D eigenvalue weighted by atomic mass is 9.82. The number of hydrogen-bond acceptors (Lipinski definition) is 1. The van der Waals surface area contributed by atoms with E-state index < -0.39 is 0 Å². The Labute approximate surface area is 357 Å². The summed E-state index contributed by atoms with van der Waals surface area (Å²) in [6.07, 6.45) is 0. The minimum Gasteiger partial charge on any atom is -0.310 e. The Hall–Kier alpha value is -7.74. The molecule has 0 aliphatic rings. The Morgan fingerprint density at radius 3 is 1.30 bits per heavy atom. The molecule has 288 valence electrons. The molecule has 0 aromatic heterocycles. The van der Waals surface area contributed by atoms with Crippen LogP contribution in [0.2, 0.25) is 0 Å². The SMILES string of the molecule is Cc1cccc(N(c2cccc(C)c2)c2ccc(-c3c4ccccc4c(-c4cc(-c5ccccc5)cc(-c5ccccc5)c4)c4cc5ccccc5cc34)c3ccccc23)c1. The second-order valence-electron chi connectivity index (χ2n) is 16.3. The predicted octanol–water partition coefficient (Wildman–Crippen LogP) is 17.1. The van der Waals surface area contributed by atoms with Gasteiger partial charge in [-0.1, -0.05) is 164 Å². The molecular weight excluding hydrogens is 735 g/mol. The van der Waals surface area contributed by atoms with Crippen molar-refractivity contribution in [3.8, 4) is 44.5 Å². The Balaban J connectivity index is 1.23. The van der Waals surface area contributed by atoms with Crippen LogP contribution in [-0.2, 0) is 0 Å². The third kappa shape index (κ3) is 6.52. The molecule has 0 amide bonds. The van der Waals surface area contributed by atoms with Crippen LogP contribution >= 0.6 is 0 Å². The minimum absolute atomic E-state index is 1.14. The van der Waals surface area contributed by atoms with E-state index in [0.717, 1.165) is 17.1 Å². The van der Waals surface area contributed by atoms with Crippen LogP contribution in [0.5, 0.6) is 0 Å². The van der Waals surface area contributed by atoms with Crippen LogP contribution in [0.1, 0.15) is 11.1 Å². The van der Waals surface area contributed by atoms with E-state index in [0.29, 0.717) is 0 Å². The molecule has 11 aromatic carbocycles. The molecule has 0 atom stereocenters. The number of fused-ring (bicyclic) bond motifs is 4. The Morgan fingerprint density at radius 2 is 0.738 bits per heavy atom. The molecule has 0 fully saturated rings. The summed E-state index contributed by atoms with van der Waals surface area (Å²) in [5.74, 6) is 0. The van der Waals surface area contributed by atoms with Gasteiger partial charge < -0.3 is 4.90 Å². The molecule has 1 nitrogen and oxygen atoms in total. The van der Waals surface area contributed by atoms with Gasteiger partial charge in [-0.2, -0.15) is 0 Å². The maximum absolute atomic E-state index is 2.43. The fourth-order valence-corrected chi connectivity index (χ4v) is 9.49. The third-order valence-electron chi connectivity index (χ3n) is 12.3. The highest BCUT2D eigenvalue weighted by Gasteiger charge is 2.23. The first kappa shape index (κ1) is 36.3. The third-order valence-corrected chi connectivity index (χ3v) is 12.3. The van der Waals surface area contributed by atoms with Crippen molar-refractivity contribution < 1.29 is 0 Å². The summed E-state index contributed by atoms with van der Waals surface area (Å²) in [6.45, 7) is 4.34. The molecule has 0 aliphatic carbocycles. The summed E-state index contributed by atoms with van der Waals surface area (Å²) < 4.78 is 0. The van der Waals surface area contributed by atoms with Crippen molar-refractivity contribution in [1.29, 1.82) is 0 Å². The first-order valence-corrected chi connectivity index (χ1v) is 21.2. The molecule has 0 unspecified atom stereocenters. The lowest BCUT2D eigenvalue weighted by Crippen LogP contribution is -2.11. The van der Waals surface area contributed by atoms with Gasteiger partial charge in [0, 0.05) is 16.8 Å². The van der Waals surface area contributed by atoms with Gasteiger partial charge in [0.1, 0.15) is 0 Å². The molecule has 0 heterocycles. The number of anilines is 3. The fourth-order valence-electron chi connectivity index (χ4n) is 9.49. The van der Waals surface area contributed by atoms with E-state index in [1.54, 1.807) is 0 Å². The van der Waals surface area contributed by atoms with Crippen molar-refractivity contribution in [2.75, 3.05) is 4.90 Å². The van der Waals surface area contributed by atoms with Crippen molar-refractivity contribution in [2.45, 2.75) is 13.8 Å². The molecule has 11 aromatic rings. The van der Waals surface area contributed by atoms with Crippen LogP contribution in [0, 0.1) is 13.8 Å². The van der Waals surface area contributed by atoms with Gasteiger partial charge in [-0.25, -0.2) is 0 Å². The van der Waals surface area contributed by atoms with Crippen molar-refractivity contribution >= 4 is 60.2 Å². The molecule has 0 aliphatic heterocycles. The summed E-state index contributed by atoms with van der Waals surface area (Å²) >= 11 is 0. The van der Waals surface area contributed by atoms with Gasteiger partial charge in [0.15, 0.2) is 0 Å². The summed E-state index contributed by atoms with van der Waals surface area (Å²) in [5.41, 5.74) is 15.6. The lowest BCUT2D eigenvalue weighted by Gasteiger charge is -2.28. The monoisotopic (exact) mass is 777 g/mol. The highest BCUT2D eigenvalue weighted by Crippen LogP contribution is 2.49. The number of benzene rings is 11. The van der Waals surface area contributed by atoms with Crippen molar-refractivity contribution in [3.05, 3.63) is 236 Å². The van der Waals surface area contributed by atoms with Gasteiger partial charge in [0.25, 0.3) is 0 Å². The van der Waals surface area contributed by atoms with Crippen LogP contribution in [0.25, 0.3) is 87.6 Å². The maximum atomic E-state index is 2.43. The van der Waals surface area contributed by atoms with Crippen molar-refractivity contribution in [1.82, 2.24) is 0 Å². The first-order chi connectivity index (χ1) is 30.1. The zero-order valence-corrected chi connectivity index (χ0v) is 34.3. The summed E-state index contributed by atoms with van der Waals surface area (Å²) in [4.78, 5) is 2.42. The molecule has 0 spiro atoms. The number of rotatable bonds is 7. The van der Waals surface area contributed by atoms with Crippen LogP contribution in [0.3, 0.4) is 0 Å². The van der Waals surface area contributed by atoms with E-state index >= 15 is 0 Å². The molecule has 0 saturated heterocycles. The molecule has 11 rings (SSSR count). The molecule has 61 heavy (non-hydrogen) atoms. The smallest absolute Gasteiger partial charge is 0.0540 e. The predicted molar refractivity (Wildman–Crippen MR) is 262 cm³/mol. The van der Waals surface area contributed by atoms with Crippen LogP contribution in [0.4, 0.5) is 17.1 Å². The Morgan fingerprint density at radius 1 is 0.279 bits per heavy atom. The van der Waals surface area contributed by atoms with Gasteiger partial charge in [-0.3, -0.25) is 0 Å². The van der Waals surface area contributed by atoms with Gasteiger partial charge in [-0.05, 0) is 168 Å². The van der Waals surface area contributed by atoms with E-state index in [1.165, 1.54) is 98.7 Å². The second kappa shape index (κ2) is 15.1. The molecule has 1 heteroatoms. The highest BCUT2D eigenvalue weighted by atomic mass is 15.1. The highest BCUT2D eigenvalue weighted by molar-refractivity contribution is 6.26. The second-order valence-corrected chi connectivity index (χ2v) is 16.3. The van der Waals surface area contributed by atoms with Crippen LogP contribution < -0.4 is 4.90 Å². The van der Waals surface area contributed by atoms with Crippen LogP contribution in [-0.4, -0.2) is 0 Å². The number of aryl methyl sites for hydroxylation is 2. The first-order valence-electron chi connectivity index (χ1n) is 21.2. The molecule has 0 bridgehead atoms. The summed E-state index contributed by atoms with van der Waals surface area (Å²) in [5, 5.41) is 9.83. The molecular formula is C60H43N. The van der Waals surface area contributed by atoms with E-state index in [4.69, 9.17) is 0 Å². The quantitative estimate of drug-likeness (QED) is 0.146. The van der Waals surface area contributed by atoms with Gasteiger partial charge in [0.2, 0.25) is 0 Å². The van der Waals surface area contributed by atoms with Gasteiger partial charge in [0.05, 0.1) is 5.69 Å². The normalized spacial score (nSPS) is 11.4. The van der Waals surface area contributed by atoms with Crippen molar-refractivity contribution in [2.24, 2.45) is 0 Å². The Bertz CT molecular complexity index is 3330. The zero-order chi connectivity index (χ0) is 40.9. The molecule has 0 radical (unpaired) electrons. The lowest BCUT2D eigenvalue weighted by molar-refractivity contribution is 1.27. The van der Waals surface area contributed by atoms with E-state index in [1.807, 2.05) is 0 Å². The average Bonchev–Trinajstić information content (AvgIpc) is 3.31. The standard InChI is InChI=1S/C60H43N/c1-40-17-15-25-49(33-40)61(50-26-16-18-41(2)34-50)58-32-31-55(51-27-11-12-28-52(51)58)60-54-30-14-13-29-53(54)59(56-38-44-23-9-10-24-45(44)39-57(56)60)48-36-46(42-19-5-3-6-20-42)35-47(37-48)43-21-7-4-8-22-43/h3-39H,1-2H3. The Kier molecular flexibility index (Phi) is 9.02. The number of hydrogen-bond donors (Lipinski definition) is 0. The van der Waals surface area contributed by atoms with E-state index in [9.17, 15) is 0 Å². The summed E-state index contributed by atoms with van der Waals surface area (Å²) in [7, 11) is 0. The van der Waals surface area contributed by atoms with Crippen LogP contribution in [0.15, 0.2) is 224 Å². The minimum atomic E-state index is 1.14. The summed E-state index contributed by atoms with van der Waals surface area (Å²) in [6, 6.07) is 82.8. The topological polar surface area (TPSA) is 3.24 Å². The van der Waals surface area contributed by atoms with Gasteiger partial charge in [-0.15, -0.1) is 0 Å². The van der Waals surface area contributed by atoms with Gasteiger partial charge >= 0.3 is 0 Å².